The van der Waals surface area contributed by atoms with E-state index in [4.69, 9.17) is 9.47 Å². The van der Waals surface area contributed by atoms with E-state index in [1.807, 2.05) is 68.4 Å². The van der Waals surface area contributed by atoms with Crippen LogP contribution in [0.4, 0.5) is 5.69 Å². The predicted octanol–water partition coefficient (Wildman–Crippen LogP) is 6.60. The van der Waals surface area contributed by atoms with E-state index in [0.717, 1.165) is 58.7 Å². The number of nitrogens with zero attached hydrogens (tertiary/aromatic N) is 2. The third-order valence-corrected chi connectivity index (χ3v) is 11.0. The molecule has 4 aromatic rings. The van der Waals surface area contributed by atoms with Gasteiger partial charge < -0.3 is 19.7 Å². The molecule has 50 heavy (non-hydrogen) atoms. The summed E-state index contributed by atoms with van der Waals surface area (Å²) in [6.45, 7) is 3.48. The van der Waals surface area contributed by atoms with Crippen LogP contribution in [0.5, 0.6) is 11.5 Å². The van der Waals surface area contributed by atoms with E-state index in [-0.39, 0.29) is 35.6 Å². The van der Waals surface area contributed by atoms with Gasteiger partial charge in [-0.1, -0.05) is 97.1 Å². The van der Waals surface area contributed by atoms with Crippen molar-refractivity contribution in [2.45, 2.75) is 75.9 Å². The number of benzene rings is 4. The molecule has 1 N–H and O–H groups in total. The van der Waals surface area contributed by atoms with Crippen molar-refractivity contribution in [3.05, 3.63) is 119 Å². The second-order valence-corrected chi connectivity index (χ2v) is 14.8. The highest BCUT2D eigenvalue weighted by atomic mass is 32.2. The normalized spacial score (nSPS) is 14.0. The first-order valence-corrected chi connectivity index (χ1v) is 18.5. The fourth-order valence-electron chi connectivity index (χ4n) is 6.33. The maximum atomic E-state index is 14.8. The lowest BCUT2D eigenvalue weighted by Gasteiger charge is -2.35. The van der Waals surface area contributed by atoms with Gasteiger partial charge in [-0.3, -0.25) is 13.9 Å². The Labute approximate surface area is 296 Å². The van der Waals surface area contributed by atoms with E-state index < -0.39 is 28.5 Å². The Hall–Kier alpha value is -4.83. The van der Waals surface area contributed by atoms with Crippen molar-refractivity contribution >= 4 is 27.5 Å². The summed E-state index contributed by atoms with van der Waals surface area (Å²) in [5, 5.41) is 3.25. The van der Waals surface area contributed by atoms with Gasteiger partial charge in [-0.15, -0.1) is 0 Å². The van der Waals surface area contributed by atoms with Gasteiger partial charge in [0.05, 0.1) is 24.8 Å². The first-order chi connectivity index (χ1) is 24.1. The number of hydrogen-bond acceptors (Lipinski definition) is 6. The van der Waals surface area contributed by atoms with Crippen LogP contribution in [0, 0.1) is 13.8 Å². The molecule has 264 valence electrons. The maximum Gasteiger partial charge on any atom is 0.264 e. The largest absolute Gasteiger partial charge is 0.493 e. The summed E-state index contributed by atoms with van der Waals surface area (Å²) in [6, 6.07) is 27.9. The highest BCUT2D eigenvalue weighted by Crippen LogP contribution is 2.33. The minimum absolute atomic E-state index is 0.0281. The number of amides is 2. The second kappa shape index (κ2) is 16.7. The molecule has 9 nitrogen and oxygen atoms in total. The highest BCUT2D eigenvalue weighted by molar-refractivity contribution is 7.92. The topological polar surface area (TPSA) is 105 Å². The Morgan fingerprint density at radius 1 is 0.780 bits per heavy atom. The lowest BCUT2D eigenvalue weighted by atomic mass is 9.94. The predicted molar refractivity (Wildman–Crippen MR) is 196 cm³/mol. The molecule has 0 spiro atoms. The van der Waals surface area contributed by atoms with Crippen molar-refractivity contribution in [3.8, 4) is 11.5 Å². The zero-order valence-electron chi connectivity index (χ0n) is 29.3. The number of nitrogens with one attached hydrogen (secondary N) is 1. The summed E-state index contributed by atoms with van der Waals surface area (Å²) in [4.78, 5) is 30.6. The first-order valence-electron chi connectivity index (χ1n) is 17.1. The molecule has 2 amide bonds. The van der Waals surface area contributed by atoms with Crippen molar-refractivity contribution in [1.29, 1.82) is 0 Å². The molecule has 1 fully saturated rings. The number of carbonyl (C=O) groups excluding carboxylic acids is 2. The van der Waals surface area contributed by atoms with Crippen molar-refractivity contribution in [1.82, 2.24) is 10.2 Å². The van der Waals surface area contributed by atoms with Crippen molar-refractivity contribution in [2.24, 2.45) is 0 Å². The summed E-state index contributed by atoms with van der Waals surface area (Å²) in [5.74, 6) is -0.130. The van der Waals surface area contributed by atoms with Crippen molar-refractivity contribution < 1.29 is 27.5 Å². The van der Waals surface area contributed by atoms with Crippen molar-refractivity contribution in [3.63, 3.8) is 0 Å². The van der Waals surface area contributed by atoms with E-state index in [1.54, 1.807) is 29.2 Å². The summed E-state index contributed by atoms with van der Waals surface area (Å²) < 4.78 is 40.8. The van der Waals surface area contributed by atoms with Gasteiger partial charge in [-0.05, 0) is 62.1 Å². The molecule has 5 rings (SSSR count). The highest BCUT2D eigenvalue weighted by Gasteiger charge is 2.35. The molecular formula is C40H47N3O6S. The van der Waals surface area contributed by atoms with Crippen LogP contribution in [0.3, 0.4) is 0 Å². The fraction of sp³-hybridized carbons (Fsp3) is 0.350. The smallest absolute Gasteiger partial charge is 0.264 e. The Balaban J connectivity index is 1.57. The molecular weight excluding hydrogens is 651 g/mol. The lowest BCUT2D eigenvalue weighted by molar-refractivity contribution is -0.140. The lowest BCUT2D eigenvalue weighted by Crippen LogP contribution is -2.55. The SMILES string of the molecule is COc1ccc(S(=O)(=O)N(CC(=O)N(Cc2ccc(C)cc2)[C@H](Cc2ccccc2)C(=O)NC2CCCCC2)c2ccc(C)cc2)cc1OC. The van der Waals surface area contributed by atoms with Gasteiger partial charge in [-0.2, -0.15) is 0 Å². The Morgan fingerprint density at radius 3 is 2.02 bits per heavy atom. The van der Waals surface area contributed by atoms with Gasteiger partial charge in [0.15, 0.2) is 11.5 Å². The number of carbonyl (C=O) groups is 2. The van der Waals surface area contributed by atoms with Crippen LogP contribution < -0.4 is 19.1 Å². The zero-order chi connectivity index (χ0) is 35.7. The van der Waals surface area contributed by atoms with E-state index in [9.17, 15) is 18.0 Å². The van der Waals surface area contributed by atoms with Gasteiger partial charge in [0.1, 0.15) is 12.6 Å². The molecule has 0 unspecified atom stereocenters. The minimum Gasteiger partial charge on any atom is -0.493 e. The number of methoxy groups -OCH3 is 2. The maximum absolute atomic E-state index is 14.8. The summed E-state index contributed by atoms with van der Waals surface area (Å²) in [6.07, 6.45) is 5.27. The molecule has 0 aromatic heterocycles. The summed E-state index contributed by atoms with van der Waals surface area (Å²) in [7, 11) is -1.40. The molecule has 10 heteroatoms. The van der Waals surface area contributed by atoms with Crippen LogP contribution in [0.25, 0.3) is 0 Å². The Morgan fingerprint density at radius 2 is 1.40 bits per heavy atom. The van der Waals surface area contributed by atoms with Gasteiger partial charge in [0.2, 0.25) is 11.8 Å². The first kappa shape index (κ1) is 36.5. The van der Waals surface area contributed by atoms with Gasteiger partial charge in [-0.25, -0.2) is 8.42 Å². The number of hydrogen-bond donors (Lipinski definition) is 1. The van der Waals surface area contributed by atoms with Gasteiger partial charge >= 0.3 is 0 Å². The molecule has 0 saturated heterocycles. The van der Waals surface area contributed by atoms with E-state index >= 15 is 0 Å². The molecule has 1 aliphatic carbocycles. The van der Waals surface area contributed by atoms with Crippen LogP contribution in [0.1, 0.15) is 54.4 Å². The monoisotopic (exact) mass is 697 g/mol. The van der Waals surface area contributed by atoms with E-state index in [0.29, 0.717) is 11.4 Å². The zero-order valence-corrected chi connectivity index (χ0v) is 30.1. The number of rotatable bonds is 14. The average molecular weight is 698 g/mol. The minimum atomic E-state index is -4.31. The molecule has 0 heterocycles. The van der Waals surface area contributed by atoms with Crippen LogP contribution in [-0.2, 0) is 32.6 Å². The van der Waals surface area contributed by atoms with Gasteiger partial charge in [0.25, 0.3) is 10.0 Å². The quantitative estimate of drug-likeness (QED) is 0.159. The number of anilines is 1. The molecule has 0 bridgehead atoms. The molecule has 4 aromatic carbocycles. The van der Waals surface area contributed by atoms with Crippen LogP contribution in [-0.4, -0.2) is 58.0 Å². The Kier molecular flexibility index (Phi) is 12.2. The average Bonchev–Trinajstić information content (AvgIpc) is 3.13. The van der Waals surface area contributed by atoms with Crippen LogP contribution >= 0.6 is 0 Å². The number of sulfonamides is 1. The molecule has 0 aliphatic heterocycles. The summed E-state index contributed by atoms with van der Waals surface area (Å²) >= 11 is 0. The third kappa shape index (κ3) is 9.04. The van der Waals surface area contributed by atoms with Crippen LogP contribution in [0.2, 0.25) is 0 Å². The standard InChI is InChI=1S/C40H47N3O6S/c1-29-15-19-32(20-16-29)27-42(36(25-31-11-7-5-8-12-31)40(45)41-33-13-9-6-10-14-33)39(44)28-43(34-21-17-30(2)18-22-34)50(46,47)35-23-24-37(48-3)38(26-35)49-4/h5,7-8,11-12,15-24,26,33,36H,6,9-10,13-14,25,27-28H2,1-4H3,(H,41,45)/t36-/m1/s1. The number of ether oxygens (including phenoxy) is 2. The third-order valence-electron chi connectivity index (χ3n) is 9.24. The van der Waals surface area contributed by atoms with E-state index in [2.05, 4.69) is 5.32 Å². The van der Waals surface area contributed by atoms with Gasteiger partial charge in [0, 0.05) is 25.1 Å². The number of aryl methyl sites for hydroxylation is 2. The van der Waals surface area contributed by atoms with Crippen LogP contribution in [0.15, 0.2) is 102 Å². The molecule has 1 atom stereocenters. The second-order valence-electron chi connectivity index (χ2n) is 12.9. The van der Waals surface area contributed by atoms with Crippen molar-refractivity contribution in [2.75, 3.05) is 25.1 Å². The Bertz CT molecular complexity index is 1840. The molecule has 1 saturated carbocycles. The molecule has 0 radical (unpaired) electrons. The summed E-state index contributed by atoms with van der Waals surface area (Å²) in [5.41, 5.74) is 4.05. The van der Waals surface area contributed by atoms with E-state index in [1.165, 1.54) is 32.4 Å². The molecule has 1 aliphatic rings. The fourth-order valence-corrected chi connectivity index (χ4v) is 7.76.